The van der Waals surface area contributed by atoms with Crippen LogP contribution in [0.1, 0.15) is 33.1 Å². The van der Waals surface area contributed by atoms with Gasteiger partial charge in [-0.25, -0.2) is 4.98 Å². The molecule has 1 aliphatic rings. The first kappa shape index (κ1) is 20.3. The number of rotatable bonds is 5. The van der Waals surface area contributed by atoms with E-state index < -0.39 is 0 Å². The lowest BCUT2D eigenvalue weighted by Gasteiger charge is -2.38. The maximum atomic E-state index is 13.6. The van der Waals surface area contributed by atoms with E-state index in [4.69, 9.17) is 9.47 Å². The fourth-order valence-electron chi connectivity index (χ4n) is 3.98. The Morgan fingerprint density at radius 2 is 1.80 bits per heavy atom. The van der Waals surface area contributed by atoms with Crippen LogP contribution >= 0.6 is 11.8 Å². The van der Waals surface area contributed by atoms with Gasteiger partial charge in [-0.05, 0) is 53.6 Å². The number of fused-ring (bicyclic) bond motifs is 1. The number of nitrogens with zero attached hydrogens (tertiary/aromatic N) is 2. The quantitative estimate of drug-likeness (QED) is 0.564. The molecule has 0 saturated carbocycles. The number of thioether (sulfide) groups is 1. The lowest BCUT2D eigenvalue weighted by atomic mass is 9.87. The molecule has 0 radical (unpaired) electrons. The third-order valence-corrected chi connectivity index (χ3v) is 6.08. The van der Waals surface area contributed by atoms with Gasteiger partial charge in [-0.1, -0.05) is 30.3 Å². The molecule has 4 rings (SSSR count). The van der Waals surface area contributed by atoms with Crippen molar-refractivity contribution in [3.63, 3.8) is 0 Å². The van der Waals surface area contributed by atoms with Crippen LogP contribution in [0.4, 0.5) is 0 Å². The van der Waals surface area contributed by atoms with Crippen molar-refractivity contribution in [2.24, 2.45) is 0 Å². The van der Waals surface area contributed by atoms with Crippen molar-refractivity contribution in [2.75, 3.05) is 27.0 Å². The number of amides is 1. The molecule has 3 aromatic rings. The average molecular weight is 421 g/mol. The first-order valence-electron chi connectivity index (χ1n) is 9.77. The molecular weight excluding hydrogens is 396 g/mol. The van der Waals surface area contributed by atoms with Gasteiger partial charge >= 0.3 is 0 Å². The summed E-state index contributed by atoms with van der Waals surface area (Å²) in [6.07, 6.45) is 4.41. The summed E-state index contributed by atoms with van der Waals surface area (Å²) >= 11 is 1.53. The third-order valence-electron chi connectivity index (χ3n) is 5.44. The summed E-state index contributed by atoms with van der Waals surface area (Å²) in [6.45, 7) is 0.623. The lowest BCUT2D eigenvalue weighted by Crippen LogP contribution is -2.40. The Kier molecular flexibility index (Phi) is 5.95. The molecule has 0 saturated heterocycles. The minimum atomic E-state index is -0.201. The summed E-state index contributed by atoms with van der Waals surface area (Å²) < 4.78 is 11.1. The van der Waals surface area contributed by atoms with Gasteiger partial charge in [-0.15, -0.1) is 11.8 Å². The van der Waals surface area contributed by atoms with Crippen molar-refractivity contribution in [3.05, 3.63) is 83.0 Å². The van der Waals surface area contributed by atoms with E-state index >= 15 is 0 Å². The molecule has 2 heterocycles. The number of benzene rings is 2. The van der Waals surface area contributed by atoms with Crippen LogP contribution in [0.15, 0.2) is 65.8 Å². The Morgan fingerprint density at radius 3 is 2.50 bits per heavy atom. The van der Waals surface area contributed by atoms with E-state index in [1.165, 1.54) is 17.3 Å². The molecule has 1 unspecified atom stereocenters. The van der Waals surface area contributed by atoms with E-state index in [1.807, 2.05) is 47.6 Å². The van der Waals surface area contributed by atoms with Crippen LogP contribution in [0.25, 0.3) is 0 Å². The molecule has 30 heavy (non-hydrogen) atoms. The zero-order valence-electron chi connectivity index (χ0n) is 17.3. The molecule has 0 fully saturated rings. The minimum absolute atomic E-state index is 0.00184. The van der Waals surface area contributed by atoms with E-state index in [1.54, 1.807) is 26.5 Å². The van der Waals surface area contributed by atoms with Crippen LogP contribution in [-0.2, 0) is 6.42 Å². The highest BCUT2D eigenvalue weighted by Crippen LogP contribution is 2.41. The Balaban J connectivity index is 1.83. The van der Waals surface area contributed by atoms with Crippen molar-refractivity contribution >= 4 is 17.7 Å². The number of carbonyl (C=O) groups is 1. The predicted molar refractivity (Wildman–Crippen MR) is 119 cm³/mol. The van der Waals surface area contributed by atoms with Gasteiger partial charge in [0.25, 0.3) is 5.91 Å². The molecular formula is C24H24N2O3S. The minimum Gasteiger partial charge on any atom is -0.493 e. The fraction of sp³-hybridized carbons (Fsp3) is 0.250. The van der Waals surface area contributed by atoms with Crippen LogP contribution < -0.4 is 9.47 Å². The van der Waals surface area contributed by atoms with Gasteiger partial charge in [0.05, 0.1) is 25.3 Å². The molecule has 6 heteroatoms. The number of carbonyl (C=O) groups excluding carboxylic acids is 1. The SMILES string of the molecule is COc1cc2c(cc1OC)C(c1ccccc1)N(C(=O)c1ccnc(SC)c1)CC2. The maximum Gasteiger partial charge on any atom is 0.254 e. The van der Waals surface area contributed by atoms with Gasteiger partial charge in [-0.3, -0.25) is 4.79 Å². The van der Waals surface area contributed by atoms with Crippen LogP contribution in [0, 0.1) is 0 Å². The normalized spacial score (nSPS) is 15.4. The van der Waals surface area contributed by atoms with Gasteiger partial charge in [0.2, 0.25) is 0 Å². The standard InChI is InChI=1S/C24H24N2O3S/c1-28-20-13-17-10-12-26(24(27)18-9-11-25-22(14-18)30-3)23(16-7-5-4-6-8-16)19(17)15-21(20)29-2/h4-9,11,13-15,23H,10,12H2,1-3H3. The zero-order valence-corrected chi connectivity index (χ0v) is 18.1. The van der Waals surface area contributed by atoms with Gasteiger partial charge in [0.1, 0.15) is 0 Å². The number of methoxy groups -OCH3 is 2. The molecule has 0 bridgehead atoms. The number of hydrogen-bond donors (Lipinski definition) is 0. The molecule has 154 valence electrons. The molecule has 0 aliphatic carbocycles. The van der Waals surface area contributed by atoms with E-state index in [0.29, 0.717) is 23.6 Å². The monoisotopic (exact) mass is 420 g/mol. The van der Waals surface area contributed by atoms with E-state index in [2.05, 4.69) is 17.1 Å². The third kappa shape index (κ3) is 3.75. The predicted octanol–water partition coefficient (Wildman–Crippen LogP) is 4.61. The van der Waals surface area contributed by atoms with Crippen LogP contribution in [0.5, 0.6) is 11.5 Å². The van der Waals surface area contributed by atoms with Crippen LogP contribution in [0.2, 0.25) is 0 Å². The van der Waals surface area contributed by atoms with Gasteiger partial charge < -0.3 is 14.4 Å². The second kappa shape index (κ2) is 8.79. The zero-order chi connectivity index (χ0) is 21.1. The molecule has 0 spiro atoms. The Hall–Kier alpha value is -2.99. The maximum absolute atomic E-state index is 13.6. The number of ether oxygens (including phenoxy) is 2. The molecule has 1 aliphatic heterocycles. The van der Waals surface area contributed by atoms with Crippen molar-refractivity contribution in [1.82, 2.24) is 9.88 Å². The van der Waals surface area contributed by atoms with Crippen LogP contribution in [0.3, 0.4) is 0 Å². The fourth-order valence-corrected chi connectivity index (χ4v) is 4.39. The van der Waals surface area contributed by atoms with Crippen molar-refractivity contribution in [1.29, 1.82) is 0 Å². The van der Waals surface area contributed by atoms with E-state index in [9.17, 15) is 4.79 Å². The summed E-state index contributed by atoms with van der Waals surface area (Å²) in [5.41, 5.74) is 3.96. The molecule has 1 atom stereocenters. The van der Waals surface area contributed by atoms with Gasteiger partial charge in [0, 0.05) is 18.3 Å². The second-order valence-corrected chi connectivity index (χ2v) is 7.88. The Bertz CT molecular complexity index is 1060. The van der Waals surface area contributed by atoms with Crippen molar-refractivity contribution in [3.8, 4) is 11.5 Å². The van der Waals surface area contributed by atoms with Crippen LogP contribution in [-0.4, -0.2) is 42.8 Å². The highest BCUT2D eigenvalue weighted by molar-refractivity contribution is 7.98. The summed E-state index contributed by atoms with van der Waals surface area (Å²) in [6, 6.07) is 17.6. The lowest BCUT2D eigenvalue weighted by molar-refractivity contribution is 0.0693. The first-order chi connectivity index (χ1) is 14.7. The van der Waals surface area contributed by atoms with E-state index in [0.717, 1.165) is 22.6 Å². The van der Waals surface area contributed by atoms with Gasteiger partial charge in [-0.2, -0.15) is 0 Å². The Morgan fingerprint density at radius 1 is 1.07 bits per heavy atom. The van der Waals surface area contributed by atoms with Crippen molar-refractivity contribution in [2.45, 2.75) is 17.5 Å². The summed E-state index contributed by atoms with van der Waals surface area (Å²) in [5, 5.41) is 0.834. The molecule has 0 N–H and O–H groups in total. The summed E-state index contributed by atoms with van der Waals surface area (Å²) in [7, 11) is 3.28. The summed E-state index contributed by atoms with van der Waals surface area (Å²) in [4.78, 5) is 19.8. The number of pyridine rings is 1. The number of aromatic nitrogens is 1. The highest BCUT2D eigenvalue weighted by Gasteiger charge is 2.33. The molecule has 1 amide bonds. The molecule has 1 aromatic heterocycles. The van der Waals surface area contributed by atoms with Gasteiger partial charge in [0.15, 0.2) is 11.5 Å². The first-order valence-corrected chi connectivity index (χ1v) is 11.0. The van der Waals surface area contributed by atoms with Crippen molar-refractivity contribution < 1.29 is 14.3 Å². The number of hydrogen-bond acceptors (Lipinski definition) is 5. The van der Waals surface area contributed by atoms with E-state index in [-0.39, 0.29) is 11.9 Å². The smallest absolute Gasteiger partial charge is 0.254 e. The molecule has 2 aromatic carbocycles. The topological polar surface area (TPSA) is 51.7 Å². The highest BCUT2D eigenvalue weighted by atomic mass is 32.2. The average Bonchev–Trinajstić information content (AvgIpc) is 2.82. The largest absolute Gasteiger partial charge is 0.493 e. The molecule has 5 nitrogen and oxygen atoms in total. The summed E-state index contributed by atoms with van der Waals surface area (Å²) in [5.74, 6) is 1.38. The second-order valence-electron chi connectivity index (χ2n) is 7.05. The Labute approximate surface area is 181 Å².